The zero-order valence-corrected chi connectivity index (χ0v) is 14.9. The number of nitrogens with zero attached hydrogens (tertiary/aromatic N) is 1. The van der Waals surface area contributed by atoms with Crippen molar-refractivity contribution in [1.82, 2.24) is 15.3 Å². The molecule has 3 aromatic rings. The summed E-state index contributed by atoms with van der Waals surface area (Å²) in [7, 11) is 0. The molecule has 2 heterocycles. The molecule has 5 nitrogen and oxygen atoms in total. The third-order valence-corrected chi connectivity index (χ3v) is 4.04. The summed E-state index contributed by atoms with van der Waals surface area (Å²) in [6.07, 6.45) is 4.17. The second-order valence-electron chi connectivity index (χ2n) is 6.04. The summed E-state index contributed by atoms with van der Waals surface area (Å²) >= 11 is 6.13. The molecule has 0 spiro atoms. The Labute approximate surface area is 151 Å². The van der Waals surface area contributed by atoms with Gasteiger partial charge in [0.1, 0.15) is 5.02 Å². The average molecular weight is 358 g/mol. The Morgan fingerprint density at radius 1 is 1.36 bits per heavy atom. The van der Waals surface area contributed by atoms with Crippen molar-refractivity contribution in [2.24, 2.45) is 0 Å². The highest BCUT2D eigenvalue weighted by Crippen LogP contribution is 2.23. The highest BCUT2D eigenvalue weighted by molar-refractivity contribution is 6.32. The Balaban J connectivity index is 1.60. The molecule has 0 radical (unpaired) electrons. The molecule has 6 heteroatoms. The first kappa shape index (κ1) is 17.3. The maximum atomic E-state index is 12.3. The molecule has 1 aromatic carbocycles. The summed E-state index contributed by atoms with van der Waals surface area (Å²) in [4.78, 5) is 19.6. The molecule has 0 saturated carbocycles. The minimum atomic E-state index is -0.203. The summed E-state index contributed by atoms with van der Waals surface area (Å²) in [5.41, 5.74) is 2.69. The van der Waals surface area contributed by atoms with Crippen molar-refractivity contribution in [3.63, 3.8) is 0 Å². The van der Waals surface area contributed by atoms with E-state index in [9.17, 15) is 4.79 Å². The van der Waals surface area contributed by atoms with Gasteiger partial charge in [-0.15, -0.1) is 0 Å². The van der Waals surface area contributed by atoms with Gasteiger partial charge in [-0.2, -0.15) is 0 Å². The number of H-pyrrole nitrogens is 1. The van der Waals surface area contributed by atoms with E-state index < -0.39 is 0 Å². The molecule has 130 valence electrons. The number of fused-ring (bicyclic) bond motifs is 1. The van der Waals surface area contributed by atoms with Gasteiger partial charge in [0.15, 0.2) is 0 Å². The maximum absolute atomic E-state index is 12.3. The van der Waals surface area contributed by atoms with Gasteiger partial charge in [-0.1, -0.05) is 29.8 Å². The summed E-state index contributed by atoms with van der Waals surface area (Å²) in [6.45, 7) is 4.31. The Bertz CT molecular complexity index is 889. The summed E-state index contributed by atoms with van der Waals surface area (Å²) in [6, 6.07) is 9.68. The third kappa shape index (κ3) is 4.12. The quantitative estimate of drug-likeness (QED) is 0.701. The van der Waals surface area contributed by atoms with E-state index in [2.05, 4.69) is 21.4 Å². The smallest absolute Gasteiger partial charge is 0.252 e. The highest BCUT2D eigenvalue weighted by Gasteiger charge is 2.12. The van der Waals surface area contributed by atoms with Crippen molar-refractivity contribution in [2.45, 2.75) is 26.4 Å². The number of carbonyl (C=O) groups is 1. The van der Waals surface area contributed by atoms with Crippen LogP contribution >= 0.6 is 11.6 Å². The molecule has 0 aliphatic carbocycles. The standard InChI is InChI=1S/C19H20ClN3O2/c1-12(2)25-19-16(20)9-14(11-23-19)18(24)21-8-7-13-10-22-17-6-4-3-5-15(13)17/h3-6,9-12,22H,7-8H2,1-2H3,(H,21,24). The van der Waals surface area contributed by atoms with E-state index >= 15 is 0 Å². The molecule has 3 rings (SSSR count). The van der Waals surface area contributed by atoms with Crippen molar-refractivity contribution in [1.29, 1.82) is 0 Å². The molecule has 0 bridgehead atoms. The van der Waals surface area contributed by atoms with Gasteiger partial charge in [-0.05, 0) is 38.0 Å². The molecule has 0 aliphatic heterocycles. The van der Waals surface area contributed by atoms with Gasteiger partial charge in [0, 0.05) is 29.8 Å². The van der Waals surface area contributed by atoms with Crippen LogP contribution in [-0.4, -0.2) is 28.5 Å². The van der Waals surface area contributed by atoms with Gasteiger partial charge >= 0.3 is 0 Å². The minimum absolute atomic E-state index is 0.0270. The van der Waals surface area contributed by atoms with E-state index in [4.69, 9.17) is 16.3 Å². The van der Waals surface area contributed by atoms with Crippen LogP contribution in [0.3, 0.4) is 0 Å². The zero-order chi connectivity index (χ0) is 17.8. The lowest BCUT2D eigenvalue weighted by Gasteiger charge is -2.11. The van der Waals surface area contributed by atoms with Crippen molar-refractivity contribution >= 4 is 28.4 Å². The molecule has 0 unspecified atom stereocenters. The first-order chi connectivity index (χ1) is 12.0. The van der Waals surface area contributed by atoms with Crippen LogP contribution in [0.5, 0.6) is 5.88 Å². The number of aromatic nitrogens is 2. The predicted octanol–water partition coefficient (Wildman–Crippen LogP) is 3.98. The molecular formula is C19H20ClN3O2. The minimum Gasteiger partial charge on any atom is -0.474 e. The number of nitrogens with one attached hydrogen (secondary N) is 2. The lowest BCUT2D eigenvalue weighted by atomic mass is 10.1. The van der Waals surface area contributed by atoms with E-state index in [1.54, 1.807) is 6.07 Å². The van der Waals surface area contributed by atoms with Crippen molar-refractivity contribution in [2.75, 3.05) is 6.54 Å². The molecule has 0 saturated heterocycles. The van der Waals surface area contributed by atoms with Crippen molar-refractivity contribution < 1.29 is 9.53 Å². The van der Waals surface area contributed by atoms with Gasteiger partial charge in [-0.3, -0.25) is 4.79 Å². The first-order valence-corrected chi connectivity index (χ1v) is 8.58. The van der Waals surface area contributed by atoms with Gasteiger partial charge < -0.3 is 15.0 Å². The van der Waals surface area contributed by atoms with Crippen LogP contribution in [0.2, 0.25) is 5.02 Å². The molecule has 2 N–H and O–H groups in total. The predicted molar refractivity (Wildman–Crippen MR) is 99.3 cm³/mol. The molecule has 0 fully saturated rings. The topological polar surface area (TPSA) is 67.0 Å². The van der Waals surface area contributed by atoms with Crippen LogP contribution in [-0.2, 0) is 6.42 Å². The van der Waals surface area contributed by atoms with Crippen LogP contribution in [0.25, 0.3) is 10.9 Å². The van der Waals surface area contributed by atoms with E-state index in [0.717, 1.165) is 11.9 Å². The largest absolute Gasteiger partial charge is 0.474 e. The zero-order valence-electron chi connectivity index (χ0n) is 14.2. The van der Waals surface area contributed by atoms with Gasteiger partial charge in [0.2, 0.25) is 5.88 Å². The molecule has 0 aliphatic rings. The number of pyridine rings is 1. The lowest BCUT2D eigenvalue weighted by molar-refractivity contribution is 0.0953. The van der Waals surface area contributed by atoms with Gasteiger partial charge in [0.05, 0.1) is 11.7 Å². The van der Waals surface area contributed by atoms with Crippen LogP contribution in [0, 0.1) is 0 Å². The van der Waals surface area contributed by atoms with Crippen LogP contribution in [0.1, 0.15) is 29.8 Å². The SMILES string of the molecule is CC(C)Oc1ncc(C(=O)NCCc2c[nH]c3ccccc23)cc1Cl. The second-order valence-corrected chi connectivity index (χ2v) is 6.45. The number of benzene rings is 1. The van der Waals surface area contributed by atoms with E-state index in [1.165, 1.54) is 17.1 Å². The lowest BCUT2D eigenvalue weighted by Crippen LogP contribution is -2.25. The number of hydrogen-bond acceptors (Lipinski definition) is 3. The molecule has 1 amide bonds. The van der Waals surface area contributed by atoms with E-state index in [-0.39, 0.29) is 12.0 Å². The third-order valence-electron chi connectivity index (χ3n) is 3.77. The Morgan fingerprint density at radius 3 is 2.92 bits per heavy atom. The number of amides is 1. The number of aromatic amines is 1. The van der Waals surface area contributed by atoms with Crippen LogP contribution in [0.15, 0.2) is 42.7 Å². The summed E-state index contributed by atoms with van der Waals surface area (Å²) < 4.78 is 5.47. The number of para-hydroxylation sites is 1. The van der Waals surface area contributed by atoms with Gasteiger partial charge in [0.25, 0.3) is 5.91 Å². The molecular weight excluding hydrogens is 338 g/mol. The van der Waals surface area contributed by atoms with E-state index in [1.807, 2.05) is 38.2 Å². The highest BCUT2D eigenvalue weighted by atomic mass is 35.5. The normalized spacial score (nSPS) is 11.0. The molecule has 2 aromatic heterocycles. The second kappa shape index (κ2) is 7.57. The van der Waals surface area contributed by atoms with Gasteiger partial charge in [-0.25, -0.2) is 4.98 Å². The fraction of sp³-hybridized carbons (Fsp3) is 0.263. The summed E-state index contributed by atoms with van der Waals surface area (Å²) in [5.74, 6) is 0.136. The number of halogens is 1. The monoisotopic (exact) mass is 357 g/mol. The Morgan fingerprint density at radius 2 is 2.16 bits per heavy atom. The number of rotatable bonds is 6. The summed E-state index contributed by atoms with van der Waals surface area (Å²) in [5, 5.41) is 4.41. The Kier molecular flexibility index (Phi) is 5.24. The fourth-order valence-corrected chi connectivity index (χ4v) is 2.82. The van der Waals surface area contributed by atoms with Crippen molar-refractivity contribution in [3.8, 4) is 5.88 Å². The molecule has 25 heavy (non-hydrogen) atoms. The van der Waals surface area contributed by atoms with Crippen LogP contribution in [0.4, 0.5) is 0 Å². The average Bonchev–Trinajstić information content (AvgIpc) is 2.99. The number of carbonyl (C=O) groups excluding carboxylic acids is 1. The Hall–Kier alpha value is -2.53. The molecule has 0 atom stereocenters. The number of ether oxygens (including phenoxy) is 1. The number of hydrogen-bond donors (Lipinski definition) is 2. The first-order valence-electron chi connectivity index (χ1n) is 8.20. The van der Waals surface area contributed by atoms with Crippen molar-refractivity contribution in [3.05, 3.63) is 58.9 Å². The maximum Gasteiger partial charge on any atom is 0.252 e. The van der Waals surface area contributed by atoms with E-state index in [0.29, 0.717) is 23.0 Å². The fourth-order valence-electron chi connectivity index (χ4n) is 2.61. The van der Waals surface area contributed by atoms with Crippen LogP contribution < -0.4 is 10.1 Å².